The summed E-state index contributed by atoms with van der Waals surface area (Å²) >= 11 is 6.24. The van der Waals surface area contributed by atoms with Gasteiger partial charge in [0.25, 0.3) is 5.56 Å². The zero-order valence-electron chi connectivity index (χ0n) is 13.4. The van der Waals surface area contributed by atoms with Crippen LogP contribution in [0.1, 0.15) is 22.4 Å². The molecule has 0 aliphatic heterocycles. The van der Waals surface area contributed by atoms with Crippen LogP contribution in [0.3, 0.4) is 0 Å². The van der Waals surface area contributed by atoms with Gasteiger partial charge in [-0.1, -0.05) is 17.7 Å². The Bertz CT molecular complexity index is 1000. The van der Waals surface area contributed by atoms with E-state index in [1.807, 2.05) is 19.1 Å². The van der Waals surface area contributed by atoms with E-state index in [1.54, 1.807) is 30.3 Å². The summed E-state index contributed by atoms with van der Waals surface area (Å²) in [5.74, 6) is 1.16. The fraction of sp³-hybridized carbons (Fsp3) is 0.105. The van der Waals surface area contributed by atoms with E-state index < -0.39 is 0 Å². The molecular weight excluding hydrogens is 338 g/mol. The van der Waals surface area contributed by atoms with E-state index in [4.69, 9.17) is 21.6 Å². The summed E-state index contributed by atoms with van der Waals surface area (Å²) in [7, 11) is 0. The Balaban J connectivity index is 1.85. The molecule has 5 nitrogen and oxygen atoms in total. The van der Waals surface area contributed by atoms with Crippen molar-refractivity contribution in [1.29, 1.82) is 5.26 Å². The maximum Gasteiger partial charge on any atom is 0.264 e. The Kier molecular flexibility index (Phi) is 4.82. The molecule has 25 heavy (non-hydrogen) atoms. The lowest BCUT2D eigenvalue weighted by Gasteiger charge is -2.12. The molecule has 124 valence electrons. The number of nitrogens with one attached hydrogen (secondary N) is 1. The smallest absolute Gasteiger partial charge is 0.264 e. The van der Waals surface area contributed by atoms with E-state index in [0.717, 1.165) is 16.8 Å². The van der Waals surface area contributed by atoms with Crippen molar-refractivity contribution in [3.63, 3.8) is 0 Å². The molecule has 6 heteroatoms. The van der Waals surface area contributed by atoms with Crippen LogP contribution in [0.2, 0.25) is 5.02 Å². The van der Waals surface area contributed by atoms with Crippen LogP contribution in [0.5, 0.6) is 11.5 Å². The van der Waals surface area contributed by atoms with E-state index in [-0.39, 0.29) is 5.56 Å². The highest BCUT2D eigenvalue weighted by Crippen LogP contribution is 2.32. The molecule has 1 heterocycles. The first-order valence-electron chi connectivity index (χ1n) is 7.57. The number of benzene rings is 2. The van der Waals surface area contributed by atoms with Gasteiger partial charge in [-0.25, -0.2) is 5.10 Å². The highest BCUT2D eigenvalue weighted by Gasteiger charge is 2.09. The Morgan fingerprint density at radius 2 is 2.00 bits per heavy atom. The quantitative estimate of drug-likeness (QED) is 0.770. The number of aromatic amines is 1. The summed E-state index contributed by atoms with van der Waals surface area (Å²) < 4.78 is 5.92. The van der Waals surface area contributed by atoms with Gasteiger partial charge in [0, 0.05) is 12.5 Å². The van der Waals surface area contributed by atoms with Crippen molar-refractivity contribution in [2.24, 2.45) is 0 Å². The summed E-state index contributed by atoms with van der Waals surface area (Å²) in [6.07, 6.45) is 0.538. The molecule has 3 aromatic rings. The number of H-pyrrole nitrogens is 1. The molecule has 0 aliphatic carbocycles. The molecule has 0 radical (unpaired) electrons. The summed E-state index contributed by atoms with van der Waals surface area (Å²) in [6, 6.07) is 15.9. The molecule has 1 N–H and O–H groups in total. The molecule has 0 bridgehead atoms. The standard InChI is InChI=1S/C19H14ClN3O2/c1-12-8-14(11-21)3-6-17(12)25-18-10-13(2-5-16(18)20)9-15-4-7-19(24)23-22-15/h2-8,10H,9H2,1H3,(H,23,24). The number of nitriles is 1. The molecule has 0 unspecified atom stereocenters. The molecular formula is C19H14ClN3O2. The number of hydrogen-bond acceptors (Lipinski definition) is 4. The number of aryl methyl sites for hydroxylation is 1. The van der Waals surface area contributed by atoms with Crippen LogP contribution >= 0.6 is 11.6 Å². The van der Waals surface area contributed by atoms with Crippen molar-refractivity contribution >= 4 is 11.6 Å². The minimum atomic E-state index is -0.236. The predicted octanol–water partition coefficient (Wildman–Crippen LogP) is 3.99. The van der Waals surface area contributed by atoms with Crippen molar-refractivity contribution in [3.8, 4) is 17.6 Å². The van der Waals surface area contributed by atoms with Crippen LogP contribution in [0, 0.1) is 18.3 Å². The van der Waals surface area contributed by atoms with Gasteiger partial charge in [0.15, 0.2) is 0 Å². The third-order valence-electron chi connectivity index (χ3n) is 3.64. The Hall–Kier alpha value is -3.10. The summed E-state index contributed by atoms with van der Waals surface area (Å²) in [4.78, 5) is 11.1. The molecule has 1 aromatic heterocycles. The van der Waals surface area contributed by atoms with Crippen LogP contribution in [0.4, 0.5) is 0 Å². The number of halogens is 1. The zero-order valence-corrected chi connectivity index (χ0v) is 14.2. The van der Waals surface area contributed by atoms with Crippen LogP contribution in [0.15, 0.2) is 53.3 Å². The van der Waals surface area contributed by atoms with E-state index in [1.165, 1.54) is 6.07 Å². The maximum absolute atomic E-state index is 11.1. The lowest BCUT2D eigenvalue weighted by atomic mass is 10.1. The van der Waals surface area contributed by atoms with Gasteiger partial charge in [-0.15, -0.1) is 0 Å². The Morgan fingerprint density at radius 3 is 2.68 bits per heavy atom. The number of ether oxygens (including phenoxy) is 1. The van der Waals surface area contributed by atoms with Gasteiger partial charge >= 0.3 is 0 Å². The normalized spacial score (nSPS) is 10.3. The second-order valence-electron chi connectivity index (χ2n) is 5.55. The van der Waals surface area contributed by atoms with Crippen molar-refractivity contribution in [2.75, 3.05) is 0 Å². The monoisotopic (exact) mass is 351 g/mol. The molecule has 0 spiro atoms. The first-order valence-corrected chi connectivity index (χ1v) is 7.94. The topological polar surface area (TPSA) is 78.8 Å². The summed E-state index contributed by atoms with van der Waals surface area (Å²) in [5.41, 5.74) is 2.88. The van der Waals surface area contributed by atoms with Crippen LogP contribution in [0.25, 0.3) is 0 Å². The van der Waals surface area contributed by atoms with Gasteiger partial charge < -0.3 is 4.74 Å². The van der Waals surface area contributed by atoms with Crippen molar-refractivity contribution in [3.05, 3.63) is 86.3 Å². The minimum absolute atomic E-state index is 0.236. The molecule has 0 saturated heterocycles. The van der Waals surface area contributed by atoms with Crippen molar-refractivity contribution in [2.45, 2.75) is 13.3 Å². The van der Waals surface area contributed by atoms with E-state index in [0.29, 0.717) is 28.5 Å². The largest absolute Gasteiger partial charge is 0.456 e. The predicted molar refractivity (Wildman–Crippen MR) is 95.1 cm³/mol. The number of nitrogens with zero attached hydrogens (tertiary/aromatic N) is 2. The highest BCUT2D eigenvalue weighted by molar-refractivity contribution is 6.32. The fourth-order valence-corrected chi connectivity index (χ4v) is 2.52. The highest BCUT2D eigenvalue weighted by atomic mass is 35.5. The van der Waals surface area contributed by atoms with Crippen LogP contribution in [-0.2, 0) is 6.42 Å². The number of aromatic nitrogens is 2. The molecule has 3 rings (SSSR count). The molecule has 0 saturated carbocycles. The number of hydrogen-bond donors (Lipinski definition) is 1. The van der Waals surface area contributed by atoms with Gasteiger partial charge in [-0.05, 0) is 54.4 Å². The van der Waals surface area contributed by atoms with Gasteiger partial charge in [0.2, 0.25) is 0 Å². The summed E-state index contributed by atoms with van der Waals surface area (Å²) in [6.45, 7) is 1.87. The minimum Gasteiger partial charge on any atom is -0.456 e. The van der Waals surface area contributed by atoms with Gasteiger partial charge in [0.05, 0.1) is 22.3 Å². The molecule has 0 amide bonds. The molecule has 0 atom stereocenters. The lowest BCUT2D eigenvalue weighted by molar-refractivity contribution is 0.478. The Morgan fingerprint density at radius 1 is 1.16 bits per heavy atom. The van der Waals surface area contributed by atoms with Crippen LogP contribution < -0.4 is 10.3 Å². The molecule has 0 fully saturated rings. The second-order valence-corrected chi connectivity index (χ2v) is 5.96. The molecule has 2 aromatic carbocycles. The van der Waals surface area contributed by atoms with Crippen molar-refractivity contribution in [1.82, 2.24) is 10.2 Å². The zero-order chi connectivity index (χ0) is 17.8. The first-order chi connectivity index (χ1) is 12.0. The third-order valence-corrected chi connectivity index (χ3v) is 3.95. The summed E-state index contributed by atoms with van der Waals surface area (Å²) in [5, 5.41) is 15.8. The average Bonchev–Trinajstić information content (AvgIpc) is 2.61. The van der Waals surface area contributed by atoms with E-state index >= 15 is 0 Å². The van der Waals surface area contributed by atoms with E-state index in [9.17, 15) is 4.79 Å². The number of rotatable bonds is 4. The van der Waals surface area contributed by atoms with Gasteiger partial charge in [-0.3, -0.25) is 4.79 Å². The van der Waals surface area contributed by atoms with Crippen LogP contribution in [-0.4, -0.2) is 10.2 Å². The van der Waals surface area contributed by atoms with Gasteiger partial charge in [-0.2, -0.15) is 10.4 Å². The van der Waals surface area contributed by atoms with Crippen molar-refractivity contribution < 1.29 is 4.74 Å². The lowest BCUT2D eigenvalue weighted by Crippen LogP contribution is -2.07. The van der Waals surface area contributed by atoms with E-state index in [2.05, 4.69) is 16.3 Å². The third kappa shape index (κ3) is 4.06. The first kappa shape index (κ1) is 16.7. The fourth-order valence-electron chi connectivity index (χ4n) is 2.37. The molecule has 0 aliphatic rings. The SMILES string of the molecule is Cc1cc(C#N)ccc1Oc1cc(Cc2ccc(=O)[nH]n2)ccc1Cl. The van der Waals surface area contributed by atoms with Gasteiger partial charge in [0.1, 0.15) is 11.5 Å². The maximum atomic E-state index is 11.1. The second kappa shape index (κ2) is 7.20. The Labute approximate surface area is 149 Å². The average molecular weight is 352 g/mol.